The molecule has 1 aromatic heterocycles. The second kappa shape index (κ2) is 11.3. The van der Waals surface area contributed by atoms with Crippen LogP contribution in [0.1, 0.15) is 29.7 Å². The quantitative estimate of drug-likeness (QED) is 0.309. The molecule has 198 valence electrons. The van der Waals surface area contributed by atoms with E-state index < -0.39 is 12.0 Å². The van der Waals surface area contributed by atoms with Crippen LogP contribution in [0.5, 0.6) is 11.5 Å². The molecular weight excluding hydrogens is 536 g/mol. The summed E-state index contributed by atoms with van der Waals surface area (Å²) in [5, 5.41) is 0.436. The topological polar surface area (TPSA) is 79.1 Å². The smallest absolute Gasteiger partial charge is 0.338 e. The van der Waals surface area contributed by atoms with Crippen molar-refractivity contribution in [3.63, 3.8) is 0 Å². The lowest BCUT2D eigenvalue weighted by atomic mass is 9.93. The summed E-state index contributed by atoms with van der Waals surface area (Å²) in [5.74, 6) is 0.672. The van der Waals surface area contributed by atoms with Gasteiger partial charge in [0.05, 0.1) is 47.7 Å². The Morgan fingerprint density at radius 3 is 2.44 bits per heavy atom. The maximum absolute atomic E-state index is 13.9. The van der Waals surface area contributed by atoms with Gasteiger partial charge in [0.1, 0.15) is 11.5 Å². The Morgan fingerprint density at radius 2 is 1.79 bits per heavy atom. The summed E-state index contributed by atoms with van der Waals surface area (Å²) >= 11 is 7.57. The number of hydrogen-bond donors (Lipinski definition) is 0. The molecule has 0 aliphatic carbocycles. The molecule has 0 spiro atoms. The number of ether oxygens (including phenoxy) is 3. The molecule has 2 heterocycles. The number of halogens is 1. The van der Waals surface area contributed by atoms with Crippen LogP contribution in [0.4, 0.5) is 0 Å². The molecule has 3 aromatic carbocycles. The van der Waals surface area contributed by atoms with Gasteiger partial charge in [0.15, 0.2) is 4.80 Å². The first kappa shape index (κ1) is 26.5. The van der Waals surface area contributed by atoms with Crippen LogP contribution in [-0.2, 0) is 9.53 Å². The molecule has 4 aromatic rings. The molecule has 0 saturated carbocycles. The Morgan fingerprint density at radius 1 is 1.05 bits per heavy atom. The Kier molecular flexibility index (Phi) is 7.67. The second-order valence-electron chi connectivity index (χ2n) is 8.60. The third-order valence-electron chi connectivity index (χ3n) is 6.28. The summed E-state index contributed by atoms with van der Waals surface area (Å²) in [6.07, 6.45) is 1.76. The highest BCUT2D eigenvalue weighted by Gasteiger charge is 2.35. The Bertz CT molecular complexity index is 1740. The first-order valence-corrected chi connectivity index (χ1v) is 13.4. The number of rotatable bonds is 7. The van der Waals surface area contributed by atoms with E-state index in [0.717, 1.165) is 16.7 Å². The number of hydrogen-bond acceptors (Lipinski definition) is 7. The number of carbonyl (C=O) groups excluding carboxylic acids is 1. The third-order valence-corrected chi connectivity index (χ3v) is 7.56. The van der Waals surface area contributed by atoms with Gasteiger partial charge in [-0.1, -0.05) is 71.5 Å². The predicted octanol–water partition coefficient (Wildman–Crippen LogP) is 4.61. The predicted molar refractivity (Wildman–Crippen MR) is 152 cm³/mol. The van der Waals surface area contributed by atoms with Crippen LogP contribution in [0, 0.1) is 0 Å². The molecule has 0 bridgehead atoms. The molecule has 39 heavy (non-hydrogen) atoms. The van der Waals surface area contributed by atoms with Gasteiger partial charge in [-0.2, -0.15) is 0 Å². The number of fused-ring (bicyclic) bond motifs is 1. The van der Waals surface area contributed by atoms with Gasteiger partial charge in [-0.3, -0.25) is 9.36 Å². The summed E-state index contributed by atoms with van der Waals surface area (Å²) in [6, 6.07) is 21.3. The van der Waals surface area contributed by atoms with Crippen LogP contribution in [0.3, 0.4) is 0 Å². The summed E-state index contributed by atoms with van der Waals surface area (Å²) in [7, 11) is 3.13. The fourth-order valence-electron chi connectivity index (χ4n) is 4.47. The van der Waals surface area contributed by atoms with Crippen LogP contribution < -0.4 is 24.4 Å². The third kappa shape index (κ3) is 5.13. The van der Waals surface area contributed by atoms with Crippen LogP contribution in [0.2, 0.25) is 5.02 Å². The van der Waals surface area contributed by atoms with Gasteiger partial charge in [0.25, 0.3) is 5.56 Å². The van der Waals surface area contributed by atoms with Gasteiger partial charge >= 0.3 is 5.97 Å². The zero-order valence-electron chi connectivity index (χ0n) is 21.5. The van der Waals surface area contributed by atoms with Crippen molar-refractivity contribution in [2.24, 2.45) is 4.99 Å². The number of carbonyl (C=O) groups is 1. The molecule has 0 amide bonds. The molecule has 0 unspecified atom stereocenters. The maximum atomic E-state index is 13.9. The number of nitrogens with zero attached hydrogens (tertiary/aromatic N) is 2. The number of esters is 1. The highest BCUT2D eigenvalue weighted by Crippen LogP contribution is 2.35. The minimum absolute atomic E-state index is 0.183. The van der Waals surface area contributed by atoms with E-state index in [1.54, 1.807) is 56.1 Å². The van der Waals surface area contributed by atoms with Gasteiger partial charge in [0, 0.05) is 5.56 Å². The minimum Gasteiger partial charge on any atom is -0.497 e. The molecule has 5 rings (SSSR count). The van der Waals surface area contributed by atoms with Crippen LogP contribution >= 0.6 is 22.9 Å². The summed E-state index contributed by atoms with van der Waals surface area (Å²) in [6.45, 7) is 1.93. The summed E-state index contributed by atoms with van der Waals surface area (Å²) in [5.41, 5.74) is 2.69. The minimum atomic E-state index is -0.761. The molecular formula is C30H25ClN2O5S. The fourth-order valence-corrected chi connectivity index (χ4v) is 5.73. The van der Waals surface area contributed by atoms with E-state index in [2.05, 4.69) is 0 Å². The van der Waals surface area contributed by atoms with Gasteiger partial charge < -0.3 is 14.2 Å². The Balaban J connectivity index is 1.79. The number of thiazole rings is 1. The van der Waals surface area contributed by atoms with Crippen molar-refractivity contribution < 1.29 is 19.0 Å². The van der Waals surface area contributed by atoms with E-state index in [4.69, 9.17) is 30.8 Å². The van der Waals surface area contributed by atoms with Crippen molar-refractivity contribution in [2.75, 3.05) is 20.8 Å². The molecule has 1 atom stereocenters. The molecule has 1 aliphatic rings. The highest BCUT2D eigenvalue weighted by atomic mass is 35.5. The van der Waals surface area contributed by atoms with Crippen molar-refractivity contribution in [3.8, 4) is 11.5 Å². The van der Waals surface area contributed by atoms with Crippen molar-refractivity contribution in [3.05, 3.63) is 120 Å². The first-order chi connectivity index (χ1) is 18.9. The molecule has 9 heteroatoms. The number of benzene rings is 3. The Labute approximate surface area is 233 Å². The van der Waals surface area contributed by atoms with Crippen LogP contribution in [0.25, 0.3) is 11.8 Å². The fraction of sp³-hybridized carbons (Fsp3) is 0.167. The molecule has 0 N–H and O–H groups in total. The van der Waals surface area contributed by atoms with E-state index in [1.165, 1.54) is 11.3 Å². The molecule has 7 nitrogen and oxygen atoms in total. The standard InChI is InChI=1S/C30H25ClN2O5S/c1-4-38-29(35)25-26(19-8-6-5-7-9-19)32-30-33(27(25)20-11-13-21(36-2)14-12-20)28(34)24(39-30)17-18-10-15-23(37-3)22(31)16-18/h5-17,27H,4H2,1-3H3/b24-17+/t27-/m0/s1. The first-order valence-electron chi connectivity index (χ1n) is 12.2. The van der Waals surface area contributed by atoms with E-state index in [9.17, 15) is 9.59 Å². The van der Waals surface area contributed by atoms with E-state index in [0.29, 0.717) is 37.1 Å². The number of methoxy groups -OCH3 is 2. The van der Waals surface area contributed by atoms with Crippen LogP contribution in [-0.4, -0.2) is 31.4 Å². The van der Waals surface area contributed by atoms with Crippen molar-refractivity contribution in [1.29, 1.82) is 0 Å². The van der Waals surface area contributed by atoms with Crippen molar-refractivity contribution >= 4 is 40.7 Å². The van der Waals surface area contributed by atoms with Gasteiger partial charge in [-0.05, 0) is 48.4 Å². The molecule has 1 aliphatic heterocycles. The van der Waals surface area contributed by atoms with Gasteiger partial charge in [-0.15, -0.1) is 0 Å². The molecule has 0 fully saturated rings. The van der Waals surface area contributed by atoms with Gasteiger partial charge in [-0.25, -0.2) is 9.79 Å². The van der Waals surface area contributed by atoms with E-state index in [-0.39, 0.29) is 12.2 Å². The van der Waals surface area contributed by atoms with Crippen molar-refractivity contribution in [2.45, 2.75) is 13.0 Å². The second-order valence-corrected chi connectivity index (χ2v) is 10.0. The lowest BCUT2D eigenvalue weighted by Crippen LogP contribution is -2.40. The molecule has 0 radical (unpaired) electrons. The average Bonchev–Trinajstić information content (AvgIpc) is 3.27. The highest BCUT2D eigenvalue weighted by molar-refractivity contribution is 7.07. The lowest BCUT2D eigenvalue weighted by Gasteiger charge is -2.26. The Hall–Kier alpha value is -4.14. The summed E-state index contributed by atoms with van der Waals surface area (Å²) < 4.78 is 18.1. The SMILES string of the molecule is CCOC(=O)C1=C(c2ccccc2)N=c2s/c(=C/c3ccc(OC)c(Cl)c3)c(=O)n2[C@H]1c1ccc(OC)cc1. The molecule has 0 saturated heterocycles. The van der Waals surface area contributed by atoms with Crippen molar-refractivity contribution in [1.82, 2.24) is 4.57 Å². The zero-order chi connectivity index (χ0) is 27.5. The van der Waals surface area contributed by atoms with E-state index >= 15 is 0 Å². The van der Waals surface area contributed by atoms with Crippen LogP contribution in [0.15, 0.2) is 88.2 Å². The maximum Gasteiger partial charge on any atom is 0.338 e. The largest absolute Gasteiger partial charge is 0.497 e. The van der Waals surface area contributed by atoms with Gasteiger partial charge in [0.2, 0.25) is 0 Å². The normalized spacial score (nSPS) is 15.0. The average molecular weight is 561 g/mol. The zero-order valence-corrected chi connectivity index (χ0v) is 23.1. The summed E-state index contributed by atoms with van der Waals surface area (Å²) in [4.78, 5) is 32.7. The number of aromatic nitrogens is 1. The van der Waals surface area contributed by atoms with E-state index in [1.807, 2.05) is 48.5 Å². The monoisotopic (exact) mass is 560 g/mol. The lowest BCUT2D eigenvalue weighted by molar-refractivity contribution is -0.138.